The molecule has 5 heteroatoms. The monoisotopic (exact) mass is 358 g/mol. The molecule has 25 heavy (non-hydrogen) atoms. The SMILES string of the molecule is Cc1cc(O)c(CN2CCCN(C(=O)c3ccccc3)CC2)cc1Cl. The maximum Gasteiger partial charge on any atom is 0.253 e. The second kappa shape index (κ2) is 7.89. The molecule has 1 amide bonds. The van der Waals surface area contributed by atoms with Crippen LogP contribution in [0.25, 0.3) is 0 Å². The maximum absolute atomic E-state index is 12.6. The van der Waals surface area contributed by atoms with E-state index in [-0.39, 0.29) is 11.7 Å². The highest BCUT2D eigenvalue weighted by molar-refractivity contribution is 6.31. The van der Waals surface area contributed by atoms with E-state index in [0.29, 0.717) is 18.1 Å². The van der Waals surface area contributed by atoms with Gasteiger partial charge < -0.3 is 10.0 Å². The van der Waals surface area contributed by atoms with Crippen molar-refractivity contribution >= 4 is 17.5 Å². The zero-order valence-electron chi connectivity index (χ0n) is 14.4. The summed E-state index contributed by atoms with van der Waals surface area (Å²) in [5, 5.41) is 10.8. The summed E-state index contributed by atoms with van der Waals surface area (Å²) in [5.74, 6) is 0.368. The fourth-order valence-electron chi connectivity index (χ4n) is 3.17. The number of benzene rings is 2. The van der Waals surface area contributed by atoms with Gasteiger partial charge in [-0.2, -0.15) is 0 Å². The molecule has 0 spiro atoms. The average molecular weight is 359 g/mol. The summed E-state index contributed by atoms with van der Waals surface area (Å²) in [7, 11) is 0. The Morgan fingerprint density at radius 2 is 1.88 bits per heavy atom. The number of aryl methyl sites for hydroxylation is 1. The van der Waals surface area contributed by atoms with Crippen LogP contribution in [0.15, 0.2) is 42.5 Å². The van der Waals surface area contributed by atoms with Crippen molar-refractivity contribution < 1.29 is 9.90 Å². The third-order valence-corrected chi connectivity index (χ3v) is 5.06. The molecule has 1 heterocycles. The smallest absolute Gasteiger partial charge is 0.253 e. The summed E-state index contributed by atoms with van der Waals surface area (Å²) < 4.78 is 0. The molecule has 0 radical (unpaired) electrons. The van der Waals surface area contributed by atoms with Gasteiger partial charge in [0.25, 0.3) is 5.91 Å². The van der Waals surface area contributed by atoms with E-state index in [1.807, 2.05) is 48.2 Å². The Morgan fingerprint density at radius 1 is 1.12 bits per heavy atom. The van der Waals surface area contributed by atoms with Gasteiger partial charge in [-0.05, 0) is 43.2 Å². The predicted octanol–water partition coefficient (Wildman–Crippen LogP) is 3.70. The third kappa shape index (κ3) is 4.33. The number of phenols is 1. The summed E-state index contributed by atoms with van der Waals surface area (Å²) >= 11 is 6.19. The molecule has 0 unspecified atom stereocenters. The molecule has 0 bridgehead atoms. The van der Waals surface area contributed by atoms with Gasteiger partial charge in [-0.3, -0.25) is 9.69 Å². The number of halogens is 1. The number of carbonyl (C=O) groups excluding carboxylic acids is 1. The van der Waals surface area contributed by atoms with Crippen molar-refractivity contribution in [3.63, 3.8) is 0 Å². The Labute approximate surface area is 153 Å². The van der Waals surface area contributed by atoms with Crippen molar-refractivity contribution in [3.8, 4) is 5.75 Å². The highest BCUT2D eigenvalue weighted by Gasteiger charge is 2.21. The van der Waals surface area contributed by atoms with Gasteiger partial charge in [0.2, 0.25) is 0 Å². The van der Waals surface area contributed by atoms with E-state index in [4.69, 9.17) is 11.6 Å². The van der Waals surface area contributed by atoms with Crippen molar-refractivity contribution in [2.45, 2.75) is 19.9 Å². The summed E-state index contributed by atoms with van der Waals surface area (Å²) in [6, 6.07) is 13.0. The number of nitrogens with zero attached hydrogens (tertiary/aromatic N) is 2. The van der Waals surface area contributed by atoms with Gasteiger partial charge in [-0.25, -0.2) is 0 Å². The first-order valence-corrected chi connectivity index (χ1v) is 8.97. The topological polar surface area (TPSA) is 43.8 Å². The molecule has 2 aromatic rings. The molecule has 4 nitrogen and oxygen atoms in total. The number of hydrogen-bond donors (Lipinski definition) is 1. The molecule has 1 N–H and O–H groups in total. The Morgan fingerprint density at radius 3 is 2.64 bits per heavy atom. The zero-order valence-corrected chi connectivity index (χ0v) is 15.2. The van der Waals surface area contributed by atoms with Crippen LogP contribution in [0.1, 0.15) is 27.9 Å². The molecule has 0 saturated carbocycles. The molecule has 1 fully saturated rings. The van der Waals surface area contributed by atoms with Gasteiger partial charge in [-0.15, -0.1) is 0 Å². The number of amides is 1. The standard InChI is InChI=1S/C20H23ClN2O2/c1-15-12-19(24)17(13-18(15)21)14-22-8-5-9-23(11-10-22)20(25)16-6-3-2-4-7-16/h2-4,6-7,12-13,24H,5,8-11,14H2,1H3. The van der Waals surface area contributed by atoms with Crippen LogP contribution in [0.4, 0.5) is 0 Å². The van der Waals surface area contributed by atoms with Gasteiger partial charge in [0.05, 0.1) is 0 Å². The Bertz CT molecular complexity index is 749. The van der Waals surface area contributed by atoms with Gasteiger partial charge in [0, 0.05) is 48.9 Å². The van der Waals surface area contributed by atoms with E-state index >= 15 is 0 Å². The zero-order chi connectivity index (χ0) is 17.8. The predicted molar refractivity (Wildman–Crippen MR) is 100 cm³/mol. The molecule has 1 saturated heterocycles. The third-order valence-electron chi connectivity index (χ3n) is 4.65. The normalized spacial score (nSPS) is 15.8. The molecule has 132 valence electrons. The first-order valence-electron chi connectivity index (χ1n) is 8.59. The van der Waals surface area contributed by atoms with E-state index < -0.39 is 0 Å². The molecule has 1 aliphatic rings. The van der Waals surface area contributed by atoms with E-state index in [0.717, 1.165) is 42.7 Å². The van der Waals surface area contributed by atoms with E-state index in [9.17, 15) is 9.90 Å². The van der Waals surface area contributed by atoms with Crippen LogP contribution in [0.2, 0.25) is 5.02 Å². The Hall–Kier alpha value is -2.04. The average Bonchev–Trinajstić information content (AvgIpc) is 2.85. The van der Waals surface area contributed by atoms with Gasteiger partial charge in [-0.1, -0.05) is 29.8 Å². The molecule has 1 aliphatic heterocycles. The van der Waals surface area contributed by atoms with Crippen LogP contribution in [0.5, 0.6) is 5.75 Å². The highest BCUT2D eigenvalue weighted by Crippen LogP contribution is 2.27. The molecule has 0 atom stereocenters. The fraction of sp³-hybridized carbons (Fsp3) is 0.350. The second-order valence-electron chi connectivity index (χ2n) is 6.52. The number of rotatable bonds is 3. The lowest BCUT2D eigenvalue weighted by Gasteiger charge is -2.22. The van der Waals surface area contributed by atoms with Crippen LogP contribution >= 0.6 is 11.6 Å². The lowest BCUT2D eigenvalue weighted by atomic mass is 10.1. The molecular weight excluding hydrogens is 336 g/mol. The molecular formula is C20H23ClN2O2. The molecule has 3 rings (SSSR count). The van der Waals surface area contributed by atoms with E-state index in [1.165, 1.54) is 0 Å². The Kier molecular flexibility index (Phi) is 5.61. The van der Waals surface area contributed by atoms with E-state index in [1.54, 1.807) is 6.07 Å². The number of aromatic hydroxyl groups is 1. The van der Waals surface area contributed by atoms with Gasteiger partial charge in [0.15, 0.2) is 0 Å². The van der Waals surface area contributed by atoms with Crippen molar-refractivity contribution in [1.29, 1.82) is 0 Å². The largest absolute Gasteiger partial charge is 0.508 e. The van der Waals surface area contributed by atoms with Gasteiger partial charge >= 0.3 is 0 Å². The number of phenolic OH excluding ortho intramolecular Hbond substituents is 1. The Balaban J connectivity index is 1.64. The summed E-state index contributed by atoms with van der Waals surface area (Å²) in [6.07, 6.45) is 0.916. The van der Waals surface area contributed by atoms with Gasteiger partial charge in [0.1, 0.15) is 5.75 Å². The van der Waals surface area contributed by atoms with Crippen LogP contribution < -0.4 is 0 Å². The van der Waals surface area contributed by atoms with Crippen LogP contribution in [0.3, 0.4) is 0 Å². The second-order valence-corrected chi connectivity index (χ2v) is 6.93. The summed E-state index contributed by atoms with van der Waals surface area (Å²) in [5.41, 5.74) is 2.44. The van der Waals surface area contributed by atoms with Crippen molar-refractivity contribution in [1.82, 2.24) is 9.80 Å². The first kappa shape index (κ1) is 17.8. The van der Waals surface area contributed by atoms with Crippen molar-refractivity contribution in [3.05, 3.63) is 64.2 Å². The highest BCUT2D eigenvalue weighted by atomic mass is 35.5. The molecule has 2 aromatic carbocycles. The minimum atomic E-state index is 0.0867. The van der Waals surface area contributed by atoms with Crippen molar-refractivity contribution in [2.24, 2.45) is 0 Å². The first-order chi connectivity index (χ1) is 12.0. The molecule has 0 aromatic heterocycles. The summed E-state index contributed by atoms with van der Waals surface area (Å²) in [4.78, 5) is 16.8. The van der Waals surface area contributed by atoms with Crippen LogP contribution in [-0.4, -0.2) is 47.0 Å². The summed E-state index contributed by atoms with van der Waals surface area (Å²) in [6.45, 7) is 5.63. The minimum absolute atomic E-state index is 0.0867. The van der Waals surface area contributed by atoms with E-state index in [2.05, 4.69) is 4.90 Å². The van der Waals surface area contributed by atoms with Crippen LogP contribution in [0, 0.1) is 6.92 Å². The quantitative estimate of drug-likeness (QED) is 0.909. The molecule has 0 aliphatic carbocycles. The fourth-order valence-corrected chi connectivity index (χ4v) is 3.36. The lowest BCUT2D eigenvalue weighted by molar-refractivity contribution is 0.0761. The number of hydrogen-bond acceptors (Lipinski definition) is 3. The maximum atomic E-state index is 12.6. The van der Waals surface area contributed by atoms with Crippen molar-refractivity contribution in [2.75, 3.05) is 26.2 Å². The number of carbonyl (C=O) groups is 1. The minimum Gasteiger partial charge on any atom is -0.508 e. The lowest BCUT2D eigenvalue weighted by Crippen LogP contribution is -2.35. The van der Waals surface area contributed by atoms with Crippen LogP contribution in [-0.2, 0) is 6.54 Å².